The van der Waals surface area contributed by atoms with E-state index in [4.69, 9.17) is 11.6 Å². The highest BCUT2D eigenvalue weighted by atomic mass is 35.5. The van der Waals surface area contributed by atoms with Crippen molar-refractivity contribution < 1.29 is 14.8 Å². The zero-order chi connectivity index (χ0) is 21.3. The summed E-state index contributed by atoms with van der Waals surface area (Å²) in [6.45, 7) is 3.25. The van der Waals surface area contributed by atoms with E-state index in [1.807, 2.05) is 0 Å². The zero-order valence-corrected chi connectivity index (χ0v) is 16.7. The topological polar surface area (TPSA) is 114 Å². The van der Waals surface area contributed by atoms with E-state index < -0.39 is 17.1 Å². The van der Waals surface area contributed by atoms with Gasteiger partial charge in [0.05, 0.1) is 28.4 Å². The van der Waals surface area contributed by atoms with Crippen LogP contribution in [0.2, 0.25) is 5.02 Å². The molecular weight excluding hydrogens is 398 g/mol. The largest absolute Gasteiger partial charge is 0.465 e. The summed E-state index contributed by atoms with van der Waals surface area (Å²) >= 11 is 6.28. The Morgan fingerprint density at radius 2 is 2.00 bits per heavy atom. The Morgan fingerprint density at radius 3 is 2.59 bits per heavy atom. The van der Waals surface area contributed by atoms with E-state index in [1.54, 1.807) is 38.2 Å². The van der Waals surface area contributed by atoms with Crippen molar-refractivity contribution in [3.8, 4) is 11.3 Å². The van der Waals surface area contributed by atoms with Gasteiger partial charge in [-0.25, -0.2) is 9.78 Å². The van der Waals surface area contributed by atoms with Crippen LogP contribution in [0.15, 0.2) is 42.6 Å². The second kappa shape index (κ2) is 7.88. The fourth-order valence-corrected chi connectivity index (χ4v) is 3.48. The summed E-state index contributed by atoms with van der Waals surface area (Å²) in [5.41, 5.74) is 1.57. The van der Waals surface area contributed by atoms with E-state index in [9.17, 15) is 20.0 Å². The zero-order valence-electron chi connectivity index (χ0n) is 15.9. The van der Waals surface area contributed by atoms with Gasteiger partial charge in [-0.3, -0.25) is 19.7 Å². The van der Waals surface area contributed by atoms with Crippen LogP contribution in [0.5, 0.6) is 0 Å². The van der Waals surface area contributed by atoms with E-state index in [0.29, 0.717) is 21.8 Å². The second-order valence-electron chi connectivity index (χ2n) is 6.41. The number of carboxylic acid groups (broad SMARTS) is 1. The highest BCUT2D eigenvalue weighted by molar-refractivity contribution is 6.31. The monoisotopic (exact) mass is 415 g/mol. The van der Waals surface area contributed by atoms with E-state index in [2.05, 4.69) is 10.1 Å². The highest BCUT2D eigenvalue weighted by Gasteiger charge is 2.30. The van der Waals surface area contributed by atoms with Crippen LogP contribution in [0.1, 0.15) is 24.2 Å². The Balaban J connectivity index is 2.14. The number of aryl methyl sites for hydroxylation is 2. The first kappa shape index (κ1) is 20.3. The van der Waals surface area contributed by atoms with Crippen molar-refractivity contribution in [3.63, 3.8) is 0 Å². The molecule has 2 heterocycles. The quantitative estimate of drug-likeness (QED) is 0.481. The number of hydrogen-bond donors (Lipinski definition) is 1. The average Bonchev–Trinajstić information content (AvgIpc) is 3.03. The van der Waals surface area contributed by atoms with Gasteiger partial charge >= 0.3 is 6.09 Å². The summed E-state index contributed by atoms with van der Waals surface area (Å²) in [6, 6.07) is 9.20. The van der Waals surface area contributed by atoms with Crippen LogP contribution in [-0.4, -0.2) is 30.9 Å². The third-order valence-electron chi connectivity index (χ3n) is 4.61. The lowest BCUT2D eigenvalue weighted by molar-refractivity contribution is -0.385. The summed E-state index contributed by atoms with van der Waals surface area (Å²) in [5.74, 6) is 0.283. The number of nitro groups is 1. The maximum atomic E-state index is 12.2. The van der Waals surface area contributed by atoms with Crippen LogP contribution in [0, 0.1) is 17.0 Å². The van der Waals surface area contributed by atoms with Gasteiger partial charge in [-0.2, -0.15) is 5.10 Å². The SMILES string of the molecule is Cc1nc(-c2cnn(C)c2N(C(=O)O)C(C)c2ccccc2Cl)ccc1[N+](=O)[O-]. The van der Waals surface area contributed by atoms with Crippen molar-refractivity contribution in [2.75, 3.05) is 4.90 Å². The number of aromatic nitrogens is 3. The normalized spacial score (nSPS) is 11.9. The number of carbonyl (C=O) groups is 1. The van der Waals surface area contributed by atoms with Gasteiger partial charge < -0.3 is 5.11 Å². The van der Waals surface area contributed by atoms with Crippen LogP contribution in [0.4, 0.5) is 16.3 Å². The number of hydrogen-bond acceptors (Lipinski definition) is 5. The Kier molecular flexibility index (Phi) is 5.51. The van der Waals surface area contributed by atoms with Gasteiger partial charge in [0.25, 0.3) is 5.69 Å². The molecule has 1 aromatic carbocycles. The first-order chi connectivity index (χ1) is 13.7. The lowest BCUT2D eigenvalue weighted by atomic mass is 10.1. The number of nitrogens with zero attached hydrogens (tertiary/aromatic N) is 5. The maximum Gasteiger partial charge on any atom is 0.413 e. The molecule has 1 atom stereocenters. The van der Waals surface area contributed by atoms with Crippen molar-refractivity contribution in [2.45, 2.75) is 19.9 Å². The molecule has 0 bridgehead atoms. The van der Waals surface area contributed by atoms with Crippen molar-refractivity contribution in [2.24, 2.45) is 7.05 Å². The van der Waals surface area contributed by atoms with Crippen LogP contribution in [0.3, 0.4) is 0 Å². The summed E-state index contributed by atoms with van der Waals surface area (Å²) < 4.78 is 1.43. The van der Waals surface area contributed by atoms with Gasteiger partial charge in [0, 0.05) is 18.1 Å². The fraction of sp³-hybridized carbons (Fsp3) is 0.211. The van der Waals surface area contributed by atoms with Gasteiger partial charge in [0.1, 0.15) is 11.5 Å². The fourth-order valence-electron chi connectivity index (χ4n) is 3.19. The molecule has 1 unspecified atom stereocenters. The number of benzene rings is 1. The highest BCUT2D eigenvalue weighted by Crippen LogP contribution is 2.37. The first-order valence-electron chi connectivity index (χ1n) is 8.63. The third kappa shape index (κ3) is 3.77. The molecule has 0 saturated heterocycles. The smallest absolute Gasteiger partial charge is 0.413 e. The molecule has 0 aliphatic rings. The van der Waals surface area contributed by atoms with E-state index in [0.717, 1.165) is 4.90 Å². The maximum absolute atomic E-state index is 12.2. The number of halogens is 1. The molecule has 10 heteroatoms. The minimum Gasteiger partial charge on any atom is -0.465 e. The molecule has 0 fully saturated rings. The van der Waals surface area contributed by atoms with Gasteiger partial charge in [-0.05, 0) is 31.5 Å². The number of amides is 1. The third-order valence-corrected chi connectivity index (χ3v) is 4.96. The summed E-state index contributed by atoms with van der Waals surface area (Å²) in [7, 11) is 1.62. The Bertz CT molecular complexity index is 1100. The van der Waals surface area contributed by atoms with Crippen molar-refractivity contribution in [3.05, 3.63) is 69.0 Å². The first-order valence-corrected chi connectivity index (χ1v) is 9.01. The van der Waals surface area contributed by atoms with Gasteiger partial charge in [0.2, 0.25) is 0 Å². The minimum absolute atomic E-state index is 0.112. The lowest BCUT2D eigenvalue weighted by Crippen LogP contribution is -2.34. The van der Waals surface area contributed by atoms with Gasteiger partial charge in [-0.15, -0.1) is 0 Å². The molecule has 0 saturated carbocycles. The predicted molar refractivity (Wildman–Crippen MR) is 108 cm³/mol. The number of pyridine rings is 1. The molecule has 9 nitrogen and oxygen atoms in total. The molecule has 3 aromatic rings. The van der Waals surface area contributed by atoms with Crippen molar-refractivity contribution in [1.29, 1.82) is 0 Å². The molecule has 0 spiro atoms. The van der Waals surface area contributed by atoms with Gasteiger partial charge in [-0.1, -0.05) is 29.8 Å². The molecule has 0 radical (unpaired) electrons. The molecule has 0 aliphatic heterocycles. The minimum atomic E-state index is -1.19. The van der Waals surface area contributed by atoms with Crippen molar-refractivity contribution >= 4 is 29.2 Å². The van der Waals surface area contributed by atoms with E-state index in [1.165, 1.54) is 29.9 Å². The molecule has 150 valence electrons. The Labute approximate surface area is 171 Å². The van der Waals surface area contributed by atoms with Crippen LogP contribution in [-0.2, 0) is 7.05 Å². The van der Waals surface area contributed by atoms with E-state index in [-0.39, 0.29) is 17.2 Å². The summed E-state index contributed by atoms with van der Waals surface area (Å²) in [5, 5.41) is 25.7. The van der Waals surface area contributed by atoms with E-state index >= 15 is 0 Å². The van der Waals surface area contributed by atoms with Gasteiger partial charge in [0.15, 0.2) is 0 Å². The molecule has 2 aromatic heterocycles. The molecule has 29 heavy (non-hydrogen) atoms. The molecular formula is C19H18ClN5O4. The second-order valence-corrected chi connectivity index (χ2v) is 6.82. The average molecular weight is 416 g/mol. The van der Waals surface area contributed by atoms with Crippen LogP contribution < -0.4 is 4.90 Å². The Morgan fingerprint density at radius 1 is 1.31 bits per heavy atom. The van der Waals surface area contributed by atoms with Crippen LogP contribution in [0.25, 0.3) is 11.3 Å². The van der Waals surface area contributed by atoms with Crippen LogP contribution >= 0.6 is 11.6 Å². The number of anilines is 1. The summed E-state index contributed by atoms with van der Waals surface area (Å²) in [6.07, 6.45) is 0.291. The lowest BCUT2D eigenvalue weighted by Gasteiger charge is -2.28. The van der Waals surface area contributed by atoms with Crippen molar-refractivity contribution in [1.82, 2.24) is 14.8 Å². The predicted octanol–water partition coefficient (Wildman–Crippen LogP) is 4.60. The Hall–Kier alpha value is -3.46. The molecule has 1 amide bonds. The number of rotatable bonds is 5. The molecule has 0 aliphatic carbocycles. The molecule has 3 rings (SSSR count). The molecule has 1 N–H and O–H groups in total. The summed E-state index contributed by atoms with van der Waals surface area (Å²) in [4.78, 5) is 28.2. The standard InChI is InChI=1S/C19H18ClN5O4/c1-11-17(25(28)29)9-8-16(22-11)14-10-21-23(3)18(14)24(19(26)27)12(2)13-6-4-5-7-15(13)20/h4-10,12H,1-3H3,(H,26,27).